The summed E-state index contributed by atoms with van der Waals surface area (Å²) in [5.74, 6) is 0.751. The zero-order valence-electron chi connectivity index (χ0n) is 14.1. The molecule has 0 bridgehead atoms. The molecular formula is C17H22FN5S. The lowest BCUT2D eigenvalue weighted by atomic mass is 10.2. The first-order valence-electron chi connectivity index (χ1n) is 7.92. The minimum Gasteiger partial charge on any atom is -0.360 e. The number of thiocarbonyl (C=S) groups is 1. The predicted octanol–water partition coefficient (Wildman–Crippen LogP) is 4.14. The molecule has 0 radical (unpaired) electrons. The third-order valence-corrected chi connectivity index (χ3v) is 3.52. The van der Waals surface area contributed by atoms with Crippen molar-refractivity contribution >= 4 is 34.8 Å². The van der Waals surface area contributed by atoms with Crippen LogP contribution in [-0.2, 0) is 0 Å². The zero-order chi connectivity index (χ0) is 17.5. The number of aromatic nitrogens is 2. The summed E-state index contributed by atoms with van der Waals surface area (Å²) in [6.45, 7) is 6.08. The minimum atomic E-state index is -0.278. The fourth-order valence-electron chi connectivity index (χ4n) is 2.24. The van der Waals surface area contributed by atoms with E-state index in [9.17, 15) is 4.39 Å². The Bertz CT molecular complexity index is 690. The standard InChI is InChI=1S/C17H22FN5S/c1-4-5-11(2)20-17(24)23-16-19-12(3)10-15(22-16)21-14-8-6-13(18)7-9-14/h6-11H,4-5H2,1-3H3,(H3,19,20,21,22,23,24)/t11-/m1/s1. The Kier molecular flexibility index (Phi) is 6.43. The number of anilines is 3. The third-order valence-electron chi connectivity index (χ3n) is 3.30. The van der Waals surface area contributed by atoms with Crippen LogP contribution in [0.2, 0.25) is 0 Å². The molecule has 0 aliphatic heterocycles. The number of hydrogen-bond donors (Lipinski definition) is 3. The van der Waals surface area contributed by atoms with Crippen molar-refractivity contribution in [1.82, 2.24) is 15.3 Å². The van der Waals surface area contributed by atoms with E-state index in [0.29, 0.717) is 16.9 Å². The van der Waals surface area contributed by atoms with Crippen LogP contribution in [0.5, 0.6) is 0 Å². The SMILES string of the molecule is CCC[C@@H](C)NC(=S)Nc1nc(C)cc(Nc2ccc(F)cc2)n1. The van der Waals surface area contributed by atoms with Crippen molar-refractivity contribution in [3.63, 3.8) is 0 Å². The van der Waals surface area contributed by atoms with Crippen LogP contribution in [0.15, 0.2) is 30.3 Å². The third kappa shape index (κ3) is 5.73. The fraction of sp³-hybridized carbons (Fsp3) is 0.353. The molecule has 1 aromatic carbocycles. The average Bonchev–Trinajstić information content (AvgIpc) is 2.49. The summed E-state index contributed by atoms with van der Waals surface area (Å²) in [7, 11) is 0. The molecule has 3 N–H and O–H groups in total. The van der Waals surface area contributed by atoms with E-state index in [1.807, 2.05) is 13.0 Å². The highest BCUT2D eigenvalue weighted by molar-refractivity contribution is 7.80. The van der Waals surface area contributed by atoms with E-state index in [2.05, 4.69) is 39.8 Å². The van der Waals surface area contributed by atoms with Crippen LogP contribution in [0.4, 0.5) is 21.8 Å². The normalized spacial score (nSPS) is 11.7. The molecule has 0 saturated heterocycles. The first-order chi connectivity index (χ1) is 11.5. The summed E-state index contributed by atoms with van der Waals surface area (Å²) in [4.78, 5) is 8.72. The maximum absolute atomic E-state index is 13.0. The summed E-state index contributed by atoms with van der Waals surface area (Å²) >= 11 is 5.29. The monoisotopic (exact) mass is 347 g/mol. The molecule has 0 aliphatic carbocycles. The van der Waals surface area contributed by atoms with Crippen molar-refractivity contribution < 1.29 is 4.39 Å². The van der Waals surface area contributed by atoms with Gasteiger partial charge in [-0.2, -0.15) is 4.98 Å². The van der Waals surface area contributed by atoms with Crippen molar-refractivity contribution in [2.24, 2.45) is 0 Å². The summed E-state index contributed by atoms with van der Waals surface area (Å²) in [5, 5.41) is 9.83. The van der Waals surface area contributed by atoms with E-state index >= 15 is 0 Å². The quantitative estimate of drug-likeness (QED) is 0.683. The van der Waals surface area contributed by atoms with Crippen LogP contribution in [0.25, 0.3) is 0 Å². The van der Waals surface area contributed by atoms with Gasteiger partial charge in [-0.15, -0.1) is 0 Å². The Labute approximate surface area is 147 Å². The summed E-state index contributed by atoms with van der Waals surface area (Å²) in [6, 6.07) is 8.19. The molecule has 1 heterocycles. The second-order valence-corrected chi connectivity index (χ2v) is 6.05. The molecule has 0 unspecified atom stereocenters. The van der Waals surface area contributed by atoms with Crippen LogP contribution in [0, 0.1) is 12.7 Å². The van der Waals surface area contributed by atoms with Gasteiger partial charge in [0.05, 0.1) is 0 Å². The minimum absolute atomic E-state index is 0.278. The Morgan fingerprint density at radius 3 is 2.62 bits per heavy atom. The lowest BCUT2D eigenvalue weighted by Gasteiger charge is -2.16. The molecule has 24 heavy (non-hydrogen) atoms. The van der Waals surface area contributed by atoms with Gasteiger partial charge in [-0.1, -0.05) is 13.3 Å². The summed E-state index contributed by atoms with van der Waals surface area (Å²) < 4.78 is 13.0. The molecule has 5 nitrogen and oxygen atoms in total. The second kappa shape index (κ2) is 8.54. The highest BCUT2D eigenvalue weighted by atomic mass is 32.1. The van der Waals surface area contributed by atoms with Gasteiger partial charge >= 0.3 is 0 Å². The number of nitrogens with zero attached hydrogens (tertiary/aromatic N) is 2. The van der Waals surface area contributed by atoms with E-state index in [4.69, 9.17) is 12.2 Å². The van der Waals surface area contributed by atoms with Gasteiger partial charge in [0.1, 0.15) is 11.6 Å². The van der Waals surface area contributed by atoms with Gasteiger partial charge in [-0.25, -0.2) is 9.37 Å². The van der Waals surface area contributed by atoms with Gasteiger partial charge in [0.25, 0.3) is 0 Å². The molecule has 2 rings (SSSR count). The highest BCUT2D eigenvalue weighted by Gasteiger charge is 2.07. The van der Waals surface area contributed by atoms with Crippen molar-refractivity contribution in [3.8, 4) is 0 Å². The largest absolute Gasteiger partial charge is 0.360 e. The molecule has 1 atom stereocenters. The molecule has 128 valence electrons. The number of halogens is 1. The van der Waals surface area contributed by atoms with Crippen LogP contribution in [0.3, 0.4) is 0 Å². The smallest absolute Gasteiger partial charge is 0.231 e. The zero-order valence-corrected chi connectivity index (χ0v) is 14.9. The van der Waals surface area contributed by atoms with Gasteiger partial charge in [0, 0.05) is 23.5 Å². The number of hydrogen-bond acceptors (Lipinski definition) is 4. The van der Waals surface area contributed by atoms with Gasteiger partial charge in [0.15, 0.2) is 5.11 Å². The van der Waals surface area contributed by atoms with Crippen molar-refractivity contribution in [3.05, 3.63) is 41.8 Å². The van der Waals surface area contributed by atoms with Crippen LogP contribution >= 0.6 is 12.2 Å². The van der Waals surface area contributed by atoms with Gasteiger partial charge in [-0.3, -0.25) is 0 Å². The average molecular weight is 347 g/mol. The summed E-state index contributed by atoms with van der Waals surface area (Å²) in [6.07, 6.45) is 2.12. The molecular weight excluding hydrogens is 325 g/mol. The lowest BCUT2D eigenvalue weighted by Crippen LogP contribution is -2.36. The molecule has 0 spiro atoms. The van der Waals surface area contributed by atoms with Crippen LogP contribution in [0.1, 0.15) is 32.4 Å². The molecule has 0 amide bonds. The predicted molar refractivity (Wildman–Crippen MR) is 100 cm³/mol. The van der Waals surface area contributed by atoms with E-state index < -0.39 is 0 Å². The Morgan fingerprint density at radius 1 is 1.25 bits per heavy atom. The molecule has 7 heteroatoms. The van der Waals surface area contributed by atoms with Gasteiger partial charge in [-0.05, 0) is 56.8 Å². The van der Waals surface area contributed by atoms with E-state index in [-0.39, 0.29) is 11.9 Å². The summed E-state index contributed by atoms with van der Waals surface area (Å²) in [5.41, 5.74) is 1.54. The number of rotatable bonds is 6. The van der Waals surface area contributed by atoms with E-state index in [0.717, 1.165) is 24.2 Å². The maximum atomic E-state index is 13.0. The number of benzene rings is 1. The topological polar surface area (TPSA) is 61.9 Å². The fourth-order valence-corrected chi connectivity index (χ4v) is 2.53. The Hall–Kier alpha value is -2.28. The molecule has 0 aliphatic rings. The van der Waals surface area contributed by atoms with Gasteiger partial charge in [0.2, 0.25) is 5.95 Å². The van der Waals surface area contributed by atoms with Crippen molar-refractivity contribution in [1.29, 1.82) is 0 Å². The molecule has 0 saturated carbocycles. The highest BCUT2D eigenvalue weighted by Crippen LogP contribution is 2.17. The van der Waals surface area contributed by atoms with Gasteiger partial charge < -0.3 is 16.0 Å². The molecule has 2 aromatic rings. The van der Waals surface area contributed by atoms with E-state index in [1.54, 1.807) is 12.1 Å². The Balaban J connectivity index is 2.05. The number of nitrogens with one attached hydrogen (secondary N) is 3. The van der Waals surface area contributed by atoms with Crippen LogP contribution < -0.4 is 16.0 Å². The molecule has 1 aromatic heterocycles. The maximum Gasteiger partial charge on any atom is 0.231 e. The van der Waals surface area contributed by atoms with E-state index in [1.165, 1.54) is 12.1 Å². The van der Waals surface area contributed by atoms with Crippen molar-refractivity contribution in [2.75, 3.05) is 10.6 Å². The van der Waals surface area contributed by atoms with Crippen molar-refractivity contribution in [2.45, 2.75) is 39.7 Å². The lowest BCUT2D eigenvalue weighted by molar-refractivity contribution is 0.599. The Morgan fingerprint density at radius 2 is 1.96 bits per heavy atom. The molecule has 0 fully saturated rings. The number of aryl methyl sites for hydroxylation is 1. The first-order valence-corrected chi connectivity index (χ1v) is 8.33. The van der Waals surface area contributed by atoms with Crippen LogP contribution in [-0.4, -0.2) is 21.1 Å². The first kappa shape index (κ1) is 18.1. The second-order valence-electron chi connectivity index (χ2n) is 5.64.